The van der Waals surface area contributed by atoms with Gasteiger partial charge in [-0.25, -0.2) is 4.79 Å². The lowest BCUT2D eigenvalue weighted by molar-refractivity contribution is -0.118. The Morgan fingerprint density at radius 2 is 1.81 bits per heavy atom. The van der Waals surface area contributed by atoms with Gasteiger partial charge in [-0.3, -0.25) is 4.79 Å². The summed E-state index contributed by atoms with van der Waals surface area (Å²) in [6.45, 7) is 7.46. The number of amides is 1. The number of carboxylic acids is 1. The van der Waals surface area contributed by atoms with Crippen LogP contribution >= 0.6 is 0 Å². The molecule has 0 aliphatic rings. The van der Waals surface area contributed by atoms with Gasteiger partial charge in [0.15, 0.2) is 6.61 Å². The van der Waals surface area contributed by atoms with E-state index in [-0.39, 0.29) is 18.3 Å². The van der Waals surface area contributed by atoms with Crippen LogP contribution in [0.1, 0.15) is 35.3 Å². The monoisotopic (exact) mass is 357 g/mol. The van der Waals surface area contributed by atoms with Crippen LogP contribution in [0.5, 0.6) is 11.5 Å². The van der Waals surface area contributed by atoms with Gasteiger partial charge in [-0.05, 0) is 69.2 Å². The molecule has 0 aromatic heterocycles. The van der Waals surface area contributed by atoms with Crippen LogP contribution in [0.3, 0.4) is 0 Å². The number of nitrogens with one attached hydrogen (secondary N) is 1. The van der Waals surface area contributed by atoms with E-state index in [0.29, 0.717) is 17.2 Å². The molecule has 0 atom stereocenters. The van der Waals surface area contributed by atoms with Gasteiger partial charge >= 0.3 is 5.97 Å². The molecule has 0 heterocycles. The maximum atomic E-state index is 12.2. The van der Waals surface area contributed by atoms with E-state index >= 15 is 0 Å². The smallest absolute Gasteiger partial charge is 0.335 e. The quantitative estimate of drug-likeness (QED) is 0.787. The standard InChI is InChI=1S/C20H23NO5/c1-12(2)26-18-8-6-15(20(23)24)10-17(18)21-19(22)11-25-16-7-5-13(3)14(4)9-16/h5-10,12H,11H2,1-4H3,(H,21,22)(H,23,24). The molecule has 0 bridgehead atoms. The van der Waals surface area contributed by atoms with Crippen LogP contribution < -0.4 is 14.8 Å². The highest BCUT2D eigenvalue weighted by molar-refractivity contribution is 5.96. The number of hydrogen-bond acceptors (Lipinski definition) is 4. The van der Waals surface area contributed by atoms with Crippen LogP contribution in [0.25, 0.3) is 0 Å². The molecule has 6 heteroatoms. The van der Waals surface area contributed by atoms with Crippen molar-refractivity contribution in [3.63, 3.8) is 0 Å². The maximum absolute atomic E-state index is 12.2. The van der Waals surface area contributed by atoms with Gasteiger partial charge in [0.05, 0.1) is 17.4 Å². The normalized spacial score (nSPS) is 10.5. The number of anilines is 1. The number of carbonyl (C=O) groups is 2. The molecular weight excluding hydrogens is 334 g/mol. The van der Waals surface area contributed by atoms with Crippen LogP contribution in [0.4, 0.5) is 5.69 Å². The Balaban J connectivity index is 2.09. The first kappa shape index (κ1) is 19.3. The second kappa shape index (κ2) is 8.38. The van der Waals surface area contributed by atoms with Gasteiger partial charge in [0.2, 0.25) is 0 Å². The Morgan fingerprint density at radius 1 is 1.08 bits per heavy atom. The van der Waals surface area contributed by atoms with Crippen molar-refractivity contribution in [1.82, 2.24) is 0 Å². The lowest BCUT2D eigenvalue weighted by Crippen LogP contribution is -2.21. The third-order valence-corrected chi connectivity index (χ3v) is 3.71. The number of benzene rings is 2. The molecule has 0 saturated heterocycles. The van der Waals surface area contributed by atoms with Crippen LogP contribution in [0, 0.1) is 13.8 Å². The van der Waals surface area contributed by atoms with Gasteiger partial charge in [-0.2, -0.15) is 0 Å². The van der Waals surface area contributed by atoms with Crippen molar-refractivity contribution in [2.45, 2.75) is 33.8 Å². The molecule has 138 valence electrons. The van der Waals surface area contributed by atoms with Gasteiger partial charge in [-0.15, -0.1) is 0 Å². The highest BCUT2D eigenvalue weighted by atomic mass is 16.5. The Bertz CT molecular complexity index is 814. The lowest BCUT2D eigenvalue weighted by atomic mass is 10.1. The van der Waals surface area contributed by atoms with Crippen molar-refractivity contribution in [3.8, 4) is 11.5 Å². The molecule has 2 N–H and O–H groups in total. The van der Waals surface area contributed by atoms with Gasteiger partial charge in [0.25, 0.3) is 5.91 Å². The minimum absolute atomic E-state index is 0.0616. The van der Waals surface area contributed by atoms with Gasteiger partial charge in [0, 0.05) is 0 Å². The zero-order valence-electron chi connectivity index (χ0n) is 15.3. The Labute approximate surface area is 152 Å². The Hall–Kier alpha value is -3.02. The van der Waals surface area contributed by atoms with Gasteiger partial charge < -0.3 is 19.9 Å². The molecular formula is C20H23NO5. The summed E-state index contributed by atoms with van der Waals surface area (Å²) in [6, 6.07) is 9.92. The first-order valence-electron chi connectivity index (χ1n) is 8.30. The highest BCUT2D eigenvalue weighted by Gasteiger charge is 2.14. The summed E-state index contributed by atoms with van der Waals surface area (Å²) in [4.78, 5) is 23.4. The minimum Gasteiger partial charge on any atom is -0.489 e. The summed E-state index contributed by atoms with van der Waals surface area (Å²) >= 11 is 0. The van der Waals surface area contributed by atoms with E-state index in [9.17, 15) is 9.59 Å². The van der Waals surface area contributed by atoms with Crippen molar-refractivity contribution < 1.29 is 24.2 Å². The molecule has 1 amide bonds. The molecule has 0 saturated carbocycles. The van der Waals surface area contributed by atoms with Crippen LogP contribution in [0.15, 0.2) is 36.4 Å². The van der Waals surface area contributed by atoms with E-state index in [4.69, 9.17) is 14.6 Å². The molecule has 0 spiro atoms. The lowest BCUT2D eigenvalue weighted by Gasteiger charge is -2.16. The molecule has 2 aromatic carbocycles. The van der Waals surface area contributed by atoms with Crippen LogP contribution in [-0.4, -0.2) is 29.7 Å². The number of hydrogen-bond donors (Lipinski definition) is 2. The van der Waals surface area contributed by atoms with Crippen LogP contribution in [-0.2, 0) is 4.79 Å². The first-order chi connectivity index (χ1) is 12.3. The Kier molecular flexibility index (Phi) is 6.22. The average molecular weight is 357 g/mol. The summed E-state index contributed by atoms with van der Waals surface area (Å²) < 4.78 is 11.1. The van der Waals surface area contributed by atoms with Crippen molar-refractivity contribution in [1.29, 1.82) is 0 Å². The summed E-state index contributed by atoms with van der Waals surface area (Å²) in [7, 11) is 0. The molecule has 0 aliphatic carbocycles. The Morgan fingerprint density at radius 3 is 2.42 bits per heavy atom. The van der Waals surface area contributed by atoms with E-state index in [1.54, 1.807) is 6.07 Å². The molecule has 6 nitrogen and oxygen atoms in total. The zero-order valence-corrected chi connectivity index (χ0v) is 15.3. The van der Waals surface area contributed by atoms with Crippen LogP contribution in [0.2, 0.25) is 0 Å². The molecule has 2 rings (SSSR count). The number of ether oxygens (including phenoxy) is 2. The highest BCUT2D eigenvalue weighted by Crippen LogP contribution is 2.27. The van der Waals surface area contributed by atoms with Crippen molar-refractivity contribution in [2.24, 2.45) is 0 Å². The number of aryl methyl sites for hydroxylation is 2. The molecule has 0 aliphatic heterocycles. The van der Waals surface area contributed by atoms with E-state index in [2.05, 4.69) is 5.32 Å². The summed E-state index contributed by atoms with van der Waals surface area (Å²) in [5, 5.41) is 11.8. The number of rotatable bonds is 7. The van der Waals surface area contributed by atoms with Gasteiger partial charge in [0.1, 0.15) is 11.5 Å². The average Bonchev–Trinajstić information content (AvgIpc) is 2.57. The van der Waals surface area contributed by atoms with Crippen molar-refractivity contribution in [2.75, 3.05) is 11.9 Å². The molecule has 0 unspecified atom stereocenters. The summed E-state index contributed by atoms with van der Waals surface area (Å²) in [5.74, 6) is -0.479. The minimum atomic E-state index is -1.08. The van der Waals surface area contributed by atoms with E-state index in [0.717, 1.165) is 11.1 Å². The predicted octanol–water partition coefficient (Wildman–Crippen LogP) is 3.81. The van der Waals surface area contributed by atoms with Crippen molar-refractivity contribution >= 4 is 17.6 Å². The van der Waals surface area contributed by atoms with E-state index < -0.39 is 11.9 Å². The maximum Gasteiger partial charge on any atom is 0.335 e. The first-order valence-corrected chi connectivity index (χ1v) is 8.30. The molecule has 26 heavy (non-hydrogen) atoms. The summed E-state index contributed by atoms with van der Waals surface area (Å²) in [5.41, 5.74) is 2.58. The predicted molar refractivity (Wildman–Crippen MR) is 99.2 cm³/mol. The number of aromatic carboxylic acids is 1. The third-order valence-electron chi connectivity index (χ3n) is 3.71. The topological polar surface area (TPSA) is 84.9 Å². The largest absolute Gasteiger partial charge is 0.489 e. The number of carboxylic acid groups (broad SMARTS) is 1. The van der Waals surface area contributed by atoms with E-state index in [1.165, 1.54) is 18.2 Å². The SMILES string of the molecule is Cc1ccc(OCC(=O)Nc2cc(C(=O)O)ccc2OC(C)C)cc1C. The fourth-order valence-electron chi connectivity index (χ4n) is 2.26. The molecule has 0 fully saturated rings. The van der Waals surface area contributed by atoms with E-state index in [1.807, 2.05) is 39.8 Å². The van der Waals surface area contributed by atoms with Gasteiger partial charge in [-0.1, -0.05) is 6.07 Å². The van der Waals surface area contributed by atoms with Crippen molar-refractivity contribution in [3.05, 3.63) is 53.1 Å². The molecule has 2 aromatic rings. The third kappa shape index (κ3) is 5.24. The zero-order chi connectivity index (χ0) is 19.3. The second-order valence-corrected chi connectivity index (χ2v) is 6.27. The molecule has 0 radical (unpaired) electrons. The number of carbonyl (C=O) groups excluding carboxylic acids is 1. The fraction of sp³-hybridized carbons (Fsp3) is 0.300. The summed E-state index contributed by atoms with van der Waals surface area (Å²) in [6.07, 6.45) is -0.117. The second-order valence-electron chi connectivity index (χ2n) is 6.27. The fourth-order valence-corrected chi connectivity index (χ4v) is 2.26.